The van der Waals surface area contributed by atoms with E-state index in [1.165, 1.54) is 16.8 Å². The van der Waals surface area contributed by atoms with E-state index in [4.69, 9.17) is 23.2 Å². The number of carbonyl (C=O) groups is 2. The fourth-order valence-corrected chi connectivity index (χ4v) is 10.9. The molecule has 0 unspecified atom stereocenters. The highest BCUT2D eigenvalue weighted by Gasteiger charge is 2.70. The summed E-state index contributed by atoms with van der Waals surface area (Å²) in [6, 6.07) is 3.86. The lowest BCUT2D eigenvalue weighted by Crippen LogP contribution is -2.72. The van der Waals surface area contributed by atoms with Gasteiger partial charge in [-0.25, -0.2) is 9.97 Å². The van der Waals surface area contributed by atoms with Crippen LogP contribution >= 0.6 is 23.2 Å². The van der Waals surface area contributed by atoms with Gasteiger partial charge in [0.05, 0.1) is 44.4 Å². The summed E-state index contributed by atoms with van der Waals surface area (Å²) in [7, 11) is 0. The molecule has 2 saturated heterocycles. The van der Waals surface area contributed by atoms with Gasteiger partial charge >= 0.3 is 0 Å². The molecule has 0 bridgehead atoms. The van der Waals surface area contributed by atoms with Crippen molar-refractivity contribution in [2.24, 2.45) is 0 Å². The van der Waals surface area contributed by atoms with Crippen molar-refractivity contribution in [1.82, 2.24) is 40.8 Å². The van der Waals surface area contributed by atoms with Crippen molar-refractivity contribution >= 4 is 35.0 Å². The van der Waals surface area contributed by atoms with Crippen LogP contribution in [0.25, 0.3) is 22.5 Å². The molecule has 4 spiro atoms. The first-order valence-electron chi connectivity index (χ1n) is 18.1. The van der Waals surface area contributed by atoms with Gasteiger partial charge in [-0.15, -0.1) is 0 Å². The Bertz CT molecular complexity index is 2200. The van der Waals surface area contributed by atoms with Gasteiger partial charge in [0.2, 0.25) is 0 Å². The molecule has 4 aliphatic carbocycles. The number of carbonyl (C=O) groups excluding carboxylic acids is 2. The molecule has 12 heteroatoms. The number of hydrogen-bond donors (Lipinski definition) is 5. The predicted molar refractivity (Wildman–Crippen MR) is 190 cm³/mol. The van der Waals surface area contributed by atoms with Crippen LogP contribution in [0.4, 0.5) is 0 Å². The summed E-state index contributed by atoms with van der Waals surface area (Å²) < 4.78 is 0. The van der Waals surface area contributed by atoms with Crippen molar-refractivity contribution in [3.05, 3.63) is 79.6 Å². The Hall–Kier alpha value is -3.70. The van der Waals surface area contributed by atoms with Crippen LogP contribution in [0.2, 0.25) is 10.3 Å². The third-order valence-corrected chi connectivity index (χ3v) is 14.1. The number of amides is 2. The second kappa shape index (κ2) is 9.79. The SMILES string of the molecule is CCN1CC2(C1)c1[nH]c3c(c1C(=O)NC21CC1)CCc1cnc(Cl)cc1-3.O=C1NC2(CC2)C2(CNC2)c2[nH]c3c(c21)CCc1cnc(Cl)cc1-3. The zero-order chi connectivity index (χ0) is 33.8. The number of aromatic nitrogens is 4. The normalized spacial score (nSPS) is 23.9. The summed E-state index contributed by atoms with van der Waals surface area (Å²) in [6.45, 7) is 7.19. The number of rotatable bonds is 1. The summed E-state index contributed by atoms with van der Waals surface area (Å²) in [5.74, 6) is 0.209. The Morgan fingerprint density at radius 3 is 1.64 bits per heavy atom. The minimum atomic E-state index is -0.0332. The average Bonchev–Trinajstić information content (AvgIpc) is 3.92. The Labute approximate surface area is 299 Å². The Kier molecular flexibility index (Phi) is 5.87. The van der Waals surface area contributed by atoms with Crippen LogP contribution in [0.1, 0.15) is 87.0 Å². The lowest BCUT2D eigenvalue weighted by Gasteiger charge is -2.56. The van der Waals surface area contributed by atoms with Gasteiger partial charge in [0, 0.05) is 61.1 Å². The lowest BCUT2D eigenvalue weighted by molar-refractivity contribution is 0.0199. The van der Waals surface area contributed by atoms with Crippen molar-refractivity contribution in [2.45, 2.75) is 80.2 Å². The zero-order valence-corrected chi connectivity index (χ0v) is 29.4. The molecule has 5 N–H and O–H groups in total. The minimum Gasteiger partial charge on any atom is -0.357 e. The number of fused-ring (bicyclic) bond motifs is 14. The molecule has 4 aromatic heterocycles. The highest BCUT2D eigenvalue weighted by molar-refractivity contribution is 6.30. The number of H-pyrrole nitrogens is 2. The molecular formula is C38H38Cl2N8O2. The molecule has 0 atom stereocenters. The first-order valence-corrected chi connectivity index (χ1v) is 18.8. The largest absolute Gasteiger partial charge is 0.357 e. The van der Waals surface area contributed by atoms with E-state index in [0.717, 1.165) is 135 Å². The molecule has 256 valence electrons. The van der Waals surface area contributed by atoms with Crippen molar-refractivity contribution in [1.29, 1.82) is 0 Å². The second-order valence-corrected chi connectivity index (χ2v) is 16.7. The smallest absolute Gasteiger partial charge is 0.253 e. The van der Waals surface area contributed by atoms with Crippen LogP contribution in [0.3, 0.4) is 0 Å². The number of aryl methyl sites for hydroxylation is 2. The fraction of sp³-hybridized carbons (Fsp3) is 0.474. The Morgan fingerprint density at radius 2 is 1.20 bits per heavy atom. The fourth-order valence-electron chi connectivity index (χ4n) is 10.6. The molecule has 50 heavy (non-hydrogen) atoms. The summed E-state index contributed by atoms with van der Waals surface area (Å²) >= 11 is 12.3. The van der Waals surface area contributed by atoms with Gasteiger partial charge in [-0.2, -0.15) is 0 Å². The number of aromatic amines is 2. The summed E-state index contributed by atoms with van der Waals surface area (Å²) in [4.78, 5) is 44.3. The molecule has 0 radical (unpaired) electrons. The number of hydrogen-bond acceptors (Lipinski definition) is 6. The summed E-state index contributed by atoms with van der Waals surface area (Å²) in [5, 5.41) is 11.2. The van der Waals surface area contributed by atoms with E-state index >= 15 is 0 Å². The number of nitrogens with zero attached hydrogens (tertiary/aromatic N) is 3. The highest BCUT2D eigenvalue weighted by atomic mass is 35.5. The maximum Gasteiger partial charge on any atom is 0.253 e. The maximum atomic E-state index is 13.0. The Morgan fingerprint density at radius 1 is 0.720 bits per heavy atom. The molecule has 2 amide bonds. The second-order valence-electron chi connectivity index (χ2n) is 15.9. The predicted octanol–water partition coefficient (Wildman–Crippen LogP) is 4.62. The number of halogens is 2. The lowest BCUT2D eigenvalue weighted by atomic mass is 9.65. The molecule has 4 fully saturated rings. The van der Waals surface area contributed by atoms with E-state index < -0.39 is 0 Å². The van der Waals surface area contributed by atoms with E-state index in [1.807, 2.05) is 24.5 Å². The van der Waals surface area contributed by atoms with Crippen molar-refractivity contribution < 1.29 is 9.59 Å². The molecule has 8 heterocycles. The van der Waals surface area contributed by atoms with Crippen molar-refractivity contribution in [3.8, 4) is 22.5 Å². The van der Waals surface area contributed by atoms with Gasteiger partial charge in [0.25, 0.3) is 11.8 Å². The molecular weight excluding hydrogens is 671 g/mol. The molecule has 4 aliphatic heterocycles. The van der Waals surface area contributed by atoms with Crippen LogP contribution in [-0.2, 0) is 36.5 Å². The van der Waals surface area contributed by atoms with E-state index in [1.54, 1.807) is 0 Å². The van der Waals surface area contributed by atoms with Gasteiger partial charge < -0.3 is 30.8 Å². The first-order chi connectivity index (χ1) is 24.2. The van der Waals surface area contributed by atoms with Gasteiger partial charge in [-0.3, -0.25) is 9.59 Å². The van der Waals surface area contributed by atoms with Crippen LogP contribution in [0.15, 0.2) is 24.5 Å². The first kappa shape index (κ1) is 30.0. The van der Waals surface area contributed by atoms with Crippen molar-refractivity contribution in [2.75, 3.05) is 32.7 Å². The van der Waals surface area contributed by atoms with Gasteiger partial charge in [0.1, 0.15) is 10.3 Å². The van der Waals surface area contributed by atoms with E-state index in [2.05, 4.69) is 47.7 Å². The number of likely N-dealkylation sites (tertiary alicyclic amines) is 1. The molecule has 0 aromatic carbocycles. The number of pyridine rings is 2. The van der Waals surface area contributed by atoms with Crippen LogP contribution in [0.5, 0.6) is 0 Å². The van der Waals surface area contributed by atoms with Gasteiger partial charge in [0.15, 0.2) is 0 Å². The molecule has 12 rings (SSSR count). The van der Waals surface area contributed by atoms with E-state index in [9.17, 15) is 9.59 Å². The zero-order valence-electron chi connectivity index (χ0n) is 27.9. The molecule has 8 aliphatic rings. The monoisotopic (exact) mass is 708 g/mol. The van der Waals surface area contributed by atoms with Gasteiger partial charge in [-0.05, 0) is 92.3 Å². The summed E-state index contributed by atoms with van der Waals surface area (Å²) in [5.41, 5.74) is 13.2. The third kappa shape index (κ3) is 3.68. The van der Waals surface area contributed by atoms with Crippen LogP contribution in [0, 0.1) is 0 Å². The van der Waals surface area contributed by atoms with Crippen LogP contribution in [-0.4, -0.2) is 80.5 Å². The minimum absolute atomic E-state index is 0.0323. The number of likely N-dealkylation sites (N-methyl/N-ethyl adjacent to an activating group) is 1. The molecule has 2 saturated carbocycles. The standard InChI is InChI=1S/C20H21ClN4O.C18H17ClN4O/c1-2-25-9-19(10-25)17-15(18(26)24-20(19)5-6-20)12-4-3-11-8-22-14(21)7-13(11)16(12)23-17;19-12-5-11-9(6-21-12)1-2-10-13-15(22-14(10)11)17(7-20-8-17)18(3-4-18)23-16(13)24/h7-8,23H,2-6,9-10H2,1H3,(H,24,26);5-6,20,22H,1-4,7-8H2,(H,23,24). The highest BCUT2D eigenvalue weighted by Crippen LogP contribution is 2.60. The van der Waals surface area contributed by atoms with E-state index in [-0.39, 0.29) is 33.7 Å². The maximum absolute atomic E-state index is 13.0. The molecule has 4 aromatic rings. The molecule has 10 nitrogen and oxygen atoms in total. The topological polar surface area (TPSA) is 131 Å². The quantitative estimate of drug-likeness (QED) is 0.184. The Balaban J connectivity index is 0.000000120. The third-order valence-electron chi connectivity index (χ3n) is 13.7. The van der Waals surface area contributed by atoms with Crippen LogP contribution < -0.4 is 16.0 Å². The van der Waals surface area contributed by atoms with Crippen molar-refractivity contribution in [3.63, 3.8) is 0 Å². The number of nitrogens with one attached hydrogen (secondary N) is 5. The van der Waals surface area contributed by atoms with Gasteiger partial charge in [-0.1, -0.05) is 30.1 Å². The van der Waals surface area contributed by atoms with E-state index in [0.29, 0.717) is 10.3 Å². The average molecular weight is 710 g/mol. The summed E-state index contributed by atoms with van der Waals surface area (Å²) in [6.07, 6.45) is 11.6.